The molecule has 3 amide bonds. The second-order valence-corrected chi connectivity index (χ2v) is 19.3. The summed E-state index contributed by atoms with van der Waals surface area (Å²) in [5.41, 5.74) is 13.8. The highest BCUT2D eigenvalue weighted by Crippen LogP contribution is 2.34. The molecule has 0 spiro atoms. The van der Waals surface area contributed by atoms with Gasteiger partial charge in [0.05, 0.1) is 34.8 Å². The number of aliphatic hydroxyl groups is 1. The molecule has 17 nitrogen and oxygen atoms in total. The summed E-state index contributed by atoms with van der Waals surface area (Å²) < 4.78 is 17.6. The fourth-order valence-electron chi connectivity index (χ4n) is 9.06. The number of likely N-dealkylation sites (tertiary alicyclic amines) is 2. The predicted octanol–water partition coefficient (Wildman–Crippen LogP) is 6.46. The molecular weight excluding hydrogens is 911 g/mol. The Morgan fingerprint density at radius 3 is 2.39 bits per heavy atom. The van der Waals surface area contributed by atoms with E-state index < -0.39 is 18.1 Å². The Kier molecular flexibility index (Phi) is 16.1. The largest absolute Gasteiger partial charge is 0.507 e. The number of aromatic nitrogens is 4. The zero-order chi connectivity index (χ0) is 49.3. The summed E-state index contributed by atoms with van der Waals surface area (Å²) in [5, 5.41) is 39.3. The number of piperidine rings is 1. The van der Waals surface area contributed by atoms with Crippen molar-refractivity contribution in [2.75, 3.05) is 45.1 Å². The lowest BCUT2D eigenvalue weighted by molar-refractivity contribution is -0.141. The number of hydrogen-bond acceptors (Lipinski definition) is 15. The van der Waals surface area contributed by atoms with Gasteiger partial charge in [-0.1, -0.05) is 74.5 Å². The number of nitrogens with zero attached hydrogens (tertiary/aromatic N) is 6. The molecule has 2 aliphatic heterocycles. The summed E-state index contributed by atoms with van der Waals surface area (Å²) in [7, 11) is 0. The van der Waals surface area contributed by atoms with Crippen molar-refractivity contribution >= 4 is 34.9 Å². The smallest absolute Gasteiger partial charge is 0.254 e. The predicted molar refractivity (Wildman–Crippen MR) is 265 cm³/mol. The van der Waals surface area contributed by atoms with Gasteiger partial charge in [-0.25, -0.2) is 4.98 Å². The maximum Gasteiger partial charge on any atom is 0.254 e. The van der Waals surface area contributed by atoms with Crippen LogP contribution in [0.1, 0.15) is 80.1 Å². The van der Waals surface area contributed by atoms with E-state index in [4.69, 9.17) is 19.7 Å². The molecule has 70 heavy (non-hydrogen) atoms. The van der Waals surface area contributed by atoms with Crippen molar-refractivity contribution in [3.8, 4) is 39.1 Å². The number of ether oxygens (including phenoxy) is 2. The van der Waals surface area contributed by atoms with Gasteiger partial charge in [-0.05, 0) is 85.2 Å². The molecule has 3 aromatic carbocycles. The number of nitrogens with two attached hydrogens (primary N) is 1. The Morgan fingerprint density at radius 2 is 1.67 bits per heavy atom. The molecule has 2 fully saturated rings. The van der Waals surface area contributed by atoms with Crippen LogP contribution < -0.4 is 25.8 Å². The third-order valence-corrected chi connectivity index (χ3v) is 14.1. The first kappa shape index (κ1) is 49.5. The van der Waals surface area contributed by atoms with Crippen molar-refractivity contribution in [3.63, 3.8) is 0 Å². The third-order valence-electron chi connectivity index (χ3n) is 13.1. The average Bonchev–Trinajstić information content (AvgIpc) is 4.12. The number of aryl methyl sites for hydroxylation is 1. The van der Waals surface area contributed by atoms with Crippen LogP contribution in [0, 0.1) is 18.8 Å². The van der Waals surface area contributed by atoms with Crippen LogP contribution in [0.25, 0.3) is 21.7 Å². The lowest BCUT2D eigenvalue weighted by Crippen LogP contribution is -2.48. The van der Waals surface area contributed by atoms with E-state index >= 15 is 0 Å². The maximum absolute atomic E-state index is 14.2. The SMILES string of the molecule is Cc1ncsc1-c1ccc([C@H](C)NC(=O)[C@@H]2C[C@@H](O)CN2C(=O)[C@@H](c2cc(OCCN3CCC(C(=O)NCc4ccc(CCOc5cc(-c6ccccc6O)nnc5N)cc4)CC3)no2)C(C)C)cc1. The van der Waals surface area contributed by atoms with Gasteiger partial charge in [0.1, 0.15) is 30.0 Å². The van der Waals surface area contributed by atoms with Gasteiger partial charge >= 0.3 is 0 Å². The Hall–Kier alpha value is -6.89. The number of phenolic OH excluding ortho intramolecular Hbond substituents is 1. The van der Waals surface area contributed by atoms with Gasteiger partial charge in [0.25, 0.3) is 5.88 Å². The molecule has 5 heterocycles. The quantitative estimate of drug-likeness (QED) is 0.0587. The van der Waals surface area contributed by atoms with E-state index in [1.54, 1.807) is 47.7 Å². The molecular formula is C52H61N9O8S. The highest BCUT2D eigenvalue weighted by atomic mass is 32.1. The molecule has 0 saturated carbocycles. The van der Waals surface area contributed by atoms with Crippen LogP contribution in [0.5, 0.6) is 17.4 Å². The minimum Gasteiger partial charge on any atom is -0.507 e. The summed E-state index contributed by atoms with van der Waals surface area (Å²) in [4.78, 5) is 50.2. The number of hydrogen-bond donors (Lipinski definition) is 5. The first-order chi connectivity index (χ1) is 33.8. The molecule has 368 valence electrons. The topological polar surface area (TPSA) is 231 Å². The lowest BCUT2D eigenvalue weighted by Gasteiger charge is -2.31. The van der Waals surface area contributed by atoms with E-state index in [-0.39, 0.29) is 66.0 Å². The molecule has 6 aromatic rings. The Labute approximate surface area is 411 Å². The van der Waals surface area contributed by atoms with Crippen molar-refractivity contribution in [3.05, 3.63) is 119 Å². The maximum atomic E-state index is 14.2. The van der Waals surface area contributed by atoms with Crippen LogP contribution in [0.3, 0.4) is 0 Å². The fraction of sp³-hybridized carbons (Fsp3) is 0.404. The summed E-state index contributed by atoms with van der Waals surface area (Å²) in [6.07, 6.45) is 1.38. The van der Waals surface area contributed by atoms with E-state index in [0.717, 1.165) is 58.8 Å². The number of para-hydroxylation sites is 1. The normalized spacial score (nSPS) is 17.3. The zero-order valence-electron chi connectivity index (χ0n) is 39.9. The molecule has 8 rings (SSSR count). The molecule has 0 aliphatic carbocycles. The molecule has 3 aromatic heterocycles. The second kappa shape index (κ2) is 22.7. The van der Waals surface area contributed by atoms with Crippen LogP contribution in [-0.2, 0) is 27.3 Å². The van der Waals surface area contributed by atoms with Crippen molar-refractivity contribution in [1.29, 1.82) is 0 Å². The number of phenols is 1. The van der Waals surface area contributed by atoms with Crippen molar-refractivity contribution in [2.24, 2.45) is 11.8 Å². The Bertz CT molecular complexity index is 2720. The first-order valence-electron chi connectivity index (χ1n) is 23.8. The Balaban J connectivity index is 0.744. The van der Waals surface area contributed by atoms with Gasteiger partial charge < -0.3 is 45.5 Å². The van der Waals surface area contributed by atoms with E-state index in [1.807, 2.05) is 81.7 Å². The third kappa shape index (κ3) is 12.1. The number of nitrogen functional groups attached to an aromatic ring is 1. The average molecular weight is 972 g/mol. The number of carbonyl (C=O) groups is 3. The Morgan fingerprint density at radius 1 is 0.929 bits per heavy atom. The highest BCUT2D eigenvalue weighted by molar-refractivity contribution is 7.13. The molecule has 18 heteroatoms. The van der Waals surface area contributed by atoms with E-state index in [2.05, 4.69) is 35.9 Å². The van der Waals surface area contributed by atoms with Crippen LogP contribution in [-0.4, -0.2) is 110 Å². The number of nitrogens with one attached hydrogen (secondary N) is 2. The summed E-state index contributed by atoms with van der Waals surface area (Å²) >= 11 is 1.58. The first-order valence-corrected chi connectivity index (χ1v) is 24.7. The van der Waals surface area contributed by atoms with Crippen LogP contribution in [0.15, 0.2) is 95.0 Å². The minimum atomic E-state index is -0.844. The van der Waals surface area contributed by atoms with Gasteiger partial charge in [-0.15, -0.1) is 21.5 Å². The number of aromatic hydroxyl groups is 1. The number of carbonyl (C=O) groups excluding carboxylic acids is 3. The number of amides is 3. The molecule has 2 saturated heterocycles. The summed E-state index contributed by atoms with van der Waals surface area (Å²) in [5.74, 6) is -0.377. The lowest BCUT2D eigenvalue weighted by atomic mass is 9.91. The molecule has 0 bridgehead atoms. The van der Waals surface area contributed by atoms with Gasteiger partial charge in [-0.2, -0.15) is 0 Å². The second-order valence-electron chi connectivity index (χ2n) is 18.4. The van der Waals surface area contributed by atoms with Crippen molar-refractivity contribution in [1.82, 2.24) is 40.8 Å². The van der Waals surface area contributed by atoms with Crippen molar-refractivity contribution < 1.29 is 38.6 Å². The summed E-state index contributed by atoms with van der Waals surface area (Å²) in [6.45, 7) is 11.0. The van der Waals surface area contributed by atoms with Crippen LogP contribution in [0.2, 0.25) is 0 Å². The number of rotatable bonds is 19. The van der Waals surface area contributed by atoms with Crippen LogP contribution >= 0.6 is 11.3 Å². The molecule has 4 atom stereocenters. The molecule has 2 aliphatic rings. The number of β-amino-alcohol motifs (C(OH)–C–C–N with tert-alkyl or cyclic N) is 1. The van der Waals surface area contributed by atoms with Crippen molar-refractivity contribution in [2.45, 2.75) is 84.0 Å². The number of aliphatic hydroxyl groups excluding tert-OH is 1. The summed E-state index contributed by atoms with van der Waals surface area (Å²) in [6, 6.07) is 25.0. The van der Waals surface area contributed by atoms with Gasteiger partial charge in [-0.3, -0.25) is 19.3 Å². The number of anilines is 1. The minimum absolute atomic E-state index is 0.0366. The highest BCUT2D eigenvalue weighted by Gasteiger charge is 2.43. The van der Waals surface area contributed by atoms with E-state index in [9.17, 15) is 24.6 Å². The van der Waals surface area contributed by atoms with Gasteiger partial charge in [0.2, 0.25) is 17.7 Å². The monoisotopic (exact) mass is 971 g/mol. The van der Waals surface area contributed by atoms with Gasteiger partial charge in [0, 0.05) is 56.1 Å². The fourth-order valence-corrected chi connectivity index (χ4v) is 9.87. The zero-order valence-corrected chi connectivity index (χ0v) is 40.7. The molecule has 6 N–H and O–H groups in total. The number of thiazole rings is 1. The van der Waals surface area contributed by atoms with Crippen LogP contribution in [0.4, 0.5) is 5.82 Å². The standard InChI is InChI=1S/C52H61N9O8S/c1-31(2)47(52(66)61-29-39(62)25-42(61)51(65)56-32(3)36-13-15-37(16-14-36)48-33(4)55-30-70-48)44-27-46(59-69-44)68-24-22-60-20-17-38(18-21-60)50(64)54-28-35-11-9-34(10-12-35)19-23-67-45-26-41(57-58-49(45)53)40-7-5-6-8-43(40)63/h5-16,26-27,30-32,38-39,42,47,62-63H,17-25,28-29H2,1-4H3,(H2,53,58)(H,54,64)(H,56,65)/t32-,39+,42-,47+/m0/s1. The van der Waals surface area contributed by atoms with Gasteiger partial charge in [0.15, 0.2) is 17.3 Å². The van der Waals surface area contributed by atoms with E-state index in [0.29, 0.717) is 55.5 Å². The molecule has 0 radical (unpaired) electrons. The molecule has 0 unspecified atom stereocenters. The number of benzene rings is 3. The van der Waals surface area contributed by atoms with E-state index in [1.165, 1.54) is 4.90 Å².